The molecule has 8 heteroatoms. The number of hydrogen-bond donors (Lipinski definition) is 2. The SMILES string of the molecule is O=C(Nc1ccc(-c2c[nH]c3cc(F)ccc23)cn1)C1CCS(=O)(=O)CC1. The van der Waals surface area contributed by atoms with Crippen LogP contribution < -0.4 is 5.32 Å². The van der Waals surface area contributed by atoms with Crippen molar-refractivity contribution in [2.45, 2.75) is 12.8 Å². The molecule has 0 saturated carbocycles. The van der Waals surface area contributed by atoms with Crippen LogP contribution in [0.1, 0.15) is 12.8 Å². The Morgan fingerprint density at radius 1 is 1.19 bits per heavy atom. The van der Waals surface area contributed by atoms with Gasteiger partial charge >= 0.3 is 0 Å². The number of carbonyl (C=O) groups excluding carboxylic acids is 1. The van der Waals surface area contributed by atoms with Gasteiger partial charge in [-0.25, -0.2) is 17.8 Å². The topological polar surface area (TPSA) is 91.9 Å². The zero-order valence-corrected chi connectivity index (χ0v) is 15.2. The molecule has 1 aromatic carbocycles. The highest BCUT2D eigenvalue weighted by atomic mass is 32.2. The maximum atomic E-state index is 13.3. The number of anilines is 1. The molecule has 0 aliphatic carbocycles. The van der Waals surface area contributed by atoms with Crippen LogP contribution in [0.15, 0.2) is 42.7 Å². The number of amides is 1. The van der Waals surface area contributed by atoms with Crippen molar-refractivity contribution in [2.24, 2.45) is 5.92 Å². The third kappa shape index (κ3) is 3.71. The minimum Gasteiger partial charge on any atom is -0.360 e. The Bertz CT molecular complexity index is 1090. The van der Waals surface area contributed by atoms with Crippen LogP contribution in [0.2, 0.25) is 0 Å². The van der Waals surface area contributed by atoms with Gasteiger partial charge < -0.3 is 10.3 Å². The van der Waals surface area contributed by atoms with Gasteiger partial charge in [0.2, 0.25) is 5.91 Å². The van der Waals surface area contributed by atoms with Gasteiger partial charge in [-0.1, -0.05) is 0 Å². The molecule has 2 aromatic heterocycles. The number of pyridine rings is 1. The smallest absolute Gasteiger partial charge is 0.228 e. The van der Waals surface area contributed by atoms with Gasteiger partial charge in [-0.2, -0.15) is 0 Å². The van der Waals surface area contributed by atoms with E-state index < -0.39 is 9.84 Å². The summed E-state index contributed by atoms with van der Waals surface area (Å²) in [6, 6.07) is 8.09. The Morgan fingerprint density at radius 3 is 2.67 bits per heavy atom. The number of nitrogens with zero attached hydrogens (tertiary/aromatic N) is 1. The van der Waals surface area contributed by atoms with Gasteiger partial charge in [0.15, 0.2) is 0 Å². The van der Waals surface area contributed by atoms with Gasteiger partial charge in [-0.05, 0) is 43.2 Å². The maximum absolute atomic E-state index is 13.3. The molecule has 1 aliphatic rings. The lowest BCUT2D eigenvalue weighted by Crippen LogP contribution is -2.32. The molecule has 0 unspecified atom stereocenters. The minimum atomic E-state index is -3.00. The second kappa shape index (κ2) is 6.77. The van der Waals surface area contributed by atoms with Gasteiger partial charge in [-0.15, -0.1) is 0 Å². The largest absolute Gasteiger partial charge is 0.360 e. The second-order valence-corrected chi connectivity index (χ2v) is 9.04. The zero-order chi connectivity index (χ0) is 19.0. The molecule has 6 nitrogen and oxygen atoms in total. The molecule has 1 aliphatic heterocycles. The molecule has 4 rings (SSSR count). The molecule has 3 heterocycles. The molecule has 2 N–H and O–H groups in total. The average Bonchev–Trinajstić information content (AvgIpc) is 3.05. The van der Waals surface area contributed by atoms with Crippen LogP contribution in [0.4, 0.5) is 10.2 Å². The summed E-state index contributed by atoms with van der Waals surface area (Å²) >= 11 is 0. The second-order valence-electron chi connectivity index (χ2n) is 6.74. The lowest BCUT2D eigenvalue weighted by atomic mass is 10.0. The predicted octanol–water partition coefficient (Wildman–Crippen LogP) is 3.13. The summed E-state index contributed by atoms with van der Waals surface area (Å²) < 4.78 is 36.3. The Labute approximate surface area is 155 Å². The van der Waals surface area contributed by atoms with Gasteiger partial charge in [0.05, 0.1) is 11.5 Å². The van der Waals surface area contributed by atoms with Crippen molar-refractivity contribution in [1.29, 1.82) is 0 Å². The van der Waals surface area contributed by atoms with Crippen LogP contribution in [0.3, 0.4) is 0 Å². The molecule has 3 aromatic rings. The van der Waals surface area contributed by atoms with Crippen molar-refractivity contribution in [3.8, 4) is 11.1 Å². The number of rotatable bonds is 3. The van der Waals surface area contributed by atoms with Gasteiger partial charge in [-0.3, -0.25) is 4.79 Å². The first kappa shape index (κ1) is 17.7. The number of hydrogen-bond acceptors (Lipinski definition) is 4. The van der Waals surface area contributed by atoms with E-state index in [2.05, 4.69) is 15.3 Å². The molecule has 1 fully saturated rings. The van der Waals surface area contributed by atoms with E-state index in [-0.39, 0.29) is 29.1 Å². The number of H-pyrrole nitrogens is 1. The number of fused-ring (bicyclic) bond motifs is 1. The maximum Gasteiger partial charge on any atom is 0.228 e. The van der Waals surface area contributed by atoms with Crippen molar-refractivity contribution in [1.82, 2.24) is 9.97 Å². The Balaban J connectivity index is 1.48. The van der Waals surface area contributed by atoms with Gasteiger partial charge in [0.1, 0.15) is 21.5 Å². The molecular formula is C19H18FN3O3S. The highest BCUT2D eigenvalue weighted by Crippen LogP contribution is 2.29. The van der Waals surface area contributed by atoms with Crippen molar-refractivity contribution >= 4 is 32.5 Å². The molecule has 27 heavy (non-hydrogen) atoms. The fourth-order valence-corrected chi connectivity index (χ4v) is 4.84. The van der Waals surface area contributed by atoms with Crippen molar-refractivity contribution in [2.75, 3.05) is 16.8 Å². The standard InChI is InChI=1S/C19H18FN3O3S/c20-14-2-3-15-16(11-21-17(15)9-14)13-1-4-18(22-10-13)23-19(24)12-5-7-27(25,26)8-6-12/h1-4,9-12,21H,5-8H2,(H,22,23,24). The van der Waals surface area contributed by atoms with Crippen LogP contribution in [0.5, 0.6) is 0 Å². The normalized spacial score (nSPS) is 17.1. The Morgan fingerprint density at radius 2 is 1.96 bits per heavy atom. The Hall–Kier alpha value is -2.74. The first-order valence-electron chi connectivity index (χ1n) is 8.66. The van der Waals surface area contributed by atoms with Crippen LogP contribution in [-0.4, -0.2) is 35.8 Å². The van der Waals surface area contributed by atoms with Crippen LogP contribution in [0, 0.1) is 11.7 Å². The van der Waals surface area contributed by atoms with E-state index in [1.807, 2.05) is 6.07 Å². The highest BCUT2D eigenvalue weighted by molar-refractivity contribution is 7.91. The van der Waals surface area contributed by atoms with E-state index in [1.165, 1.54) is 12.1 Å². The van der Waals surface area contributed by atoms with Gasteiger partial charge in [0.25, 0.3) is 0 Å². The lowest BCUT2D eigenvalue weighted by molar-refractivity contribution is -0.120. The monoisotopic (exact) mass is 387 g/mol. The fourth-order valence-electron chi connectivity index (χ4n) is 3.34. The minimum absolute atomic E-state index is 0.0542. The summed E-state index contributed by atoms with van der Waals surface area (Å²) in [4.78, 5) is 19.6. The molecule has 0 atom stereocenters. The van der Waals surface area contributed by atoms with E-state index in [9.17, 15) is 17.6 Å². The quantitative estimate of drug-likeness (QED) is 0.722. The van der Waals surface area contributed by atoms with Crippen molar-refractivity contribution in [3.63, 3.8) is 0 Å². The first-order chi connectivity index (χ1) is 12.9. The molecule has 1 amide bonds. The summed E-state index contributed by atoms with van der Waals surface area (Å²) in [7, 11) is -3.00. The molecule has 0 radical (unpaired) electrons. The van der Waals surface area contributed by atoms with E-state index in [0.717, 1.165) is 16.5 Å². The van der Waals surface area contributed by atoms with Crippen molar-refractivity contribution in [3.05, 3.63) is 48.5 Å². The lowest BCUT2D eigenvalue weighted by Gasteiger charge is -2.20. The summed E-state index contributed by atoms with van der Waals surface area (Å²) in [6.07, 6.45) is 4.13. The number of aromatic amines is 1. The van der Waals surface area contributed by atoms with Crippen LogP contribution >= 0.6 is 0 Å². The highest BCUT2D eigenvalue weighted by Gasteiger charge is 2.28. The Kier molecular flexibility index (Phi) is 4.43. The van der Waals surface area contributed by atoms with Crippen molar-refractivity contribution < 1.29 is 17.6 Å². The van der Waals surface area contributed by atoms with E-state index in [1.54, 1.807) is 24.5 Å². The van der Waals surface area contributed by atoms with E-state index >= 15 is 0 Å². The number of sulfone groups is 1. The number of aromatic nitrogens is 2. The zero-order valence-electron chi connectivity index (χ0n) is 14.4. The molecular weight excluding hydrogens is 369 g/mol. The van der Waals surface area contributed by atoms with E-state index in [4.69, 9.17) is 0 Å². The molecule has 140 valence electrons. The molecule has 0 spiro atoms. The first-order valence-corrected chi connectivity index (χ1v) is 10.5. The third-order valence-electron chi connectivity index (χ3n) is 4.89. The van der Waals surface area contributed by atoms with Crippen LogP contribution in [0.25, 0.3) is 22.0 Å². The average molecular weight is 387 g/mol. The number of carbonyl (C=O) groups is 1. The van der Waals surface area contributed by atoms with Crippen LogP contribution in [-0.2, 0) is 14.6 Å². The summed E-state index contributed by atoms with van der Waals surface area (Å²) in [5.74, 6) is -0.283. The van der Waals surface area contributed by atoms with E-state index in [0.29, 0.717) is 24.2 Å². The number of nitrogens with one attached hydrogen (secondary N) is 2. The molecule has 1 saturated heterocycles. The number of halogens is 1. The number of benzene rings is 1. The summed E-state index contributed by atoms with van der Waals surface area (Å²) in [5.41, 5.74) is 2.44. The summed E-state index contributed by atoms with van der Waals surface area (Å²) in [6.45, 7) is 0. The van der Waals surface area contributed by atoms with Gasteiger partial charge in [0, 0.05) is 40.3 Å². The fraction of sp³-hybridized carbons (Fsp3) is 0.263. The summed E-state index contributed by atoms with van der Waals surface area (Å²) in [5, 5.41) is 3.64. The molecule has 0 bridgehead atoms. The third-order valence-corrected chi connectivity index (χ3v) is 6.61. The predicted molar refractivity (Wildman–Crippen MR) is 101 cm³/mol.